The van der Waals surface area contributed by atoms with Crippen molar-refractivity contribution >= 4 is 34.0 Å². The maximum atomic E-state index is 13.0. The number of pyridine rings is 1. The van der Waals surface area contributed by atoms with Crippen LogP contribution in [-0.2, 0) is 4.74 Å². The Bertz CT molecular complexity index is 1430. The highest BCUT2D eigenvalue weighted by Gasteiger charge is 2.17. The average Bonchev–Trinajstić information content (AvgIpc) is 3.42. The molecule has 0 bridgehead atoms. The minimum Gasteiger partial charge on any atom is -0.454 e. The van der Waals surface area contributed by atoms with Crippen LogP contribution in [-0.4, -0.2) is 23.3 Å². The molecule has 2 heterocycles. The lowest BCUT2D eigenvalue weighted by molar-refractivity contribution is 0.0476. The summed E-state index contributed by atoms with van der Waals surface area (Å²) in [5.41, 5.74) is 4.41. The van der Waals surface area contributed by atoms with Gasteiger partial charge < -0.3 is 4.74 Å². The summed E-state index contributed by atoms with van der Waals surface area (Å²) in [5.74, 6) is -0.791. The Morgan fingerprint density at radius 1 is 0.788 bits per heavy atom. The highest BCUT2D eigenvalue weighted by atomic mass is 32.1. The standard InChI is InChI=1S/C28H19NO3S/c30-26(21-14-12-20(13-15-21)19-7-2-1-3-8-19)18-32-28(31)23-17-25(27-11-6-16-33-27)29-24-10-5-4-9-22(23)24/h1-17H,18H2. The fraction of sp³-hybridized carbons (Fsp3) is 0.0357. The molecule has 0 aliphatic heterocycles. The zero-order valence-electron chi connectivity index (χ0n) is 17.6. The van der Waals surface area contributed by atoms with E-state index in [1.165, 1.54) is 0 Å². The second-order valence-electron chi connectivity index (χ2n) is 7.49. The van der Waals surface area contributed by atoms with Crippen molar-refractivity contribution in [3.05, 3.63) is 114 Å². The number of hydrogen-bond donors (Lipinski definition) is 0. The largest absolute Gasteiger partial charge is 0.454 e. The third kappa shape index (κ3) is 4.45. The highest BCUT2D eigenvalue weighted by molar-refractivity contribution is 7.13. The normalized spacial score (nSPS) is 10.8. The smallest absolute Gasteiger partial charge is 0.339 e. The second kappa shape index (κ2) is 9.18. The van der Waals surface area contributed by atoms with Gasteiger partial charge in [-0.25, -0.2) is 9.78 Å². The van der Waals surface area contributed by atoms with Gasteiger partial charge in [-0.1, -0.05) is 78.9 Å². The van der Waals surface area contributed by atoms with E-state index in [2.05, 4.69) is 4.98 Å². The molecule has 0 atom stereocenters. The minimum absolute atomic E-state index is 0.250. The van der Waals surface area contributed by atoms with Crippen molar-refractivity contribution in [2.24, 2.45) is 0 Å². The first-order valence-corrected chi connectivity index (χ1v) is 11.4. The lowest BCUT2D eigenvalue weighted by Gasteiger charge is -2.09. The van der Waals surface area contributed by atoms with E-state index in [0.717, 1.165) is 16.0 Å². The number of nitrogens with zero attached hydrogens (tertiary/aromatic N) is 1. The van der Waals surface area contributed by atoms with Crippen molar-refractivity contribution in [1.29, 1.82) is 0 Å². The quantitative estimate of drug-likeness (QED) is 0.215. The van der Waals surface area contributed by atoms with Crippen molar-refractivity contribution in [1.82, 2.24) is 4.98 Å². The summed E-state index contributed by atoms with van der Waals surface area (Å²) >= 11 is 1.55. The zero-order chi connectivity index (χ0) is 22.6. The molecule has 0 aliphatic carbocycles. The molecule has 160 valence electrons. The maximum Gasteiger partial charge on any atom is 0.339 e. The van der Waals surface area contributed by atoms with Gasteiger partial charge in [-0.3, -0.25) is 4.79 Å². The molecule has 2 aromatic heterocycles. The van der Waals surface area contributed by atoms with Gasteiger partial charge in [0.2, 0.25) is 0 Å². The summed E-state index contributed by atoms with van der Waals surface area (Å²) in [6.07, 6.45) is 0. The number of carbonyl (C=O) groups is 2. The molecular weight excluding hydrogens is 430 g/mol. The van der Waals surface area contributed by atoms with Gasteiger partial charge in [0.05, 0.1) is 21.7 Å². The Balaban J connectivity index is 1.34. The van der Waals surface area contributed by atoms with Crippen molar-refractivity contribution in [2.45, 2.75) is 0 Å². The molecule has 5 heteroatoms. The van der Waals surface area contributed by atoms with Gasteiger partial charge in [-0.2, -0.15) is 0 Å². The number of thiophene rings is 1. The number of ketones is 1. The van der Waals surface area contributed by atoms with Crippen LogP contribution in [0.15, 0.2) is 102 Å². The second-order valence-corrected chi connectivity index (χ2v) is 8.44. The Kier molecular flexibility index (Phi) is 5.79. The average molecular weight is 450 g/mol. The molecule has 4 nitrogen and oxygen atoms in total. The highest BCUT2D eigenvalue weighted by Crippen LogP contribution is 2.28. The number of fused-ring (bicyclic) bond motifs is 1. The van der Waals surface area contributed by atoms with Crippen LogP contribution in [0.2, 0.25) is 0 Å². The van der Waals surface area contributed by atoms with Gasteiger partial charge in [0.15, 0.2) is 12.4 Å². The third-order valence-electron chi connectivity index (χ3n) is 5.36. The van der Waals surface area contributed by atoms with E-state index in [4.69, 9.17) is 4.74 Å². The van der Waals surface area contributed by atoms with Gasteiger partial charge >= 0.3 is 5.97 Å². The van der Waals surface area contributed by atoms with E-state index in [0.29, 0.717) is 27.7 Å². The Morgan fingerprint density at radius 2 is 1.52 bits per heavy atom. The van der Waals surface area contributed by atoms with Crippen LogP contribution >= 0.6 is 11.3 Å². The Labute approximate surface area is 195 Å². The number of rotatable bonds is 6. The van der Waals surface area contributed by atoms with Crippen LogP contribution in [0.1, 0.15) is 20.7 Å². The summed E-state index contributed by atoms with van der Waals surface area (Å²) in [5, 5.41) is 2.66. The SMILES string of the molecule is O=C(COC(=O)c1cc(-c2cccs2)nc2ccccc12)c1ccc(-c2ccccc2)cc1. The Hall–Kier alpha value is -4.09. The lowest BCUT2D eigenvalue weighted by Crippen LogP contribution is -2.15. The molecule has 0 amide bonds. The number of ether oxygens (including phenoxy) is 1. The molecule has 0 fully saturated rings. The van der Waals surface area contributed by atoms with Gasteiger partial charge in [0.1, 0.15) is 0 Å². The number of para-hydroxylation sites is 1. The first-order valence-electron chi connectivity index (χ1n) is 10.5. The van der Waals surface area contributed by atoms with E-state index in [1.54, 1.807) is 29.5 Å². The van der Waals surface area contributed by atoms with Crippen molar-refractivity contribution in [2.75, 3.05) is 6.61 Å². The molecule has 0 saturated carbocycles. The molecule has 33 heavy (non-hydrogen) atoms. The molecule has 0 spiro atoms. The number of Topliss-reactive ketones (excluding diaryl/α,β-unsaturated/α-hetero) is 1. The topological polar surface area (TPSA) is 56.3 Å². The maximum absolute atomic E-state index is 13.0. The number of benzene rings is 3. The molecule has 0 unspecified atom stereocenters. The van der Waals surface area contributed by atoms with E-state index < -0.39 is 5.97 Å². The first-order chi connectivity index (χ1) is 16.2. The van der Waals surface area contributed by atoms with Crippen LogP contribution in [0, 0.1) is 0 Å². The molecule has 0 N–H and O–H groups in total. The summed E-state index contributed by atoms with van der Waals surface area (Å²) in [4.78, 5) is 31.2. The summed E-state index contributed by atoms with van der Waals surface area (Å²) < 4.78 is 5.43. The van der Waals surface area contributed by atoms with Crippen LogP contribution in [0.5, 0.6) is 0 Å². The summed E-state index contributed by atoms with van der Waals surface area (Å²) in [6.45, 7) is -0.325. The molecular formula is C28H19NO3S. The van der Waals surface area contributed by atoms with Crippen LogP contribution < -0.4 is 0 Å². The number of carbonyl (C=O) groups excluding carboxylic acids is 2. The van der Waals surface area contributed by atoms with Crippen LogP contribution in [0.3, 0.4) is 0 Å². The van der Waals surface area contributed by atoms with E-state index in [1.807, 2.05) is 84.2 Å². The molecule has 5 aromatic rings. The van der Waals surface area contributed by atoms with Gasteiger partial charge in [0, 0.05) is 10.9 Å². The van der Waals surface area contributed by atoms with Crippen molar-refractivity contribution < 1.29 is 14.3 Å². The van der Waals surface area contributed by atoms with Crippen molar-refractivity contribution in [3.8, 4) is 21.7 Å². The summed E-state index contributed by atoms with van der Waals surface area (Å²) in [6, 6.07) is 30.3. The van der Waals surface area contributed by atoms with Gasteiger partial charge in [-0.15, -0.1) is 11.3 Å². The molecule has 3 aromatic carbocycles. The van der Waals surface area contributed by atoms with E-state index in [9.17, 15) is 9.59 Å². The molecule has 0 aliphatic rings. The molecule has 0 radical (unpaired) electrons. The first kappa shape index (κ1) is 20.8. The Morgan fingerprint density at radius 3 is 2.27 bits per heavy atom. The molecule has 0 saturated heterocycles. The molecule has 5 rings (SSSR count). The lowest BCUT2D eigenvalue weighted by atomic mass is 10.0. The van der Waals surface area contributed by atoms with Crippen LogP contribution in [0.4, 0.5) is 0 Å². The zero-order valence-corrected chi connectivity index (χ0v) is 18.4. The van der Waals surface area contributed by atoms with E-state index in [-0.39, 0.29) is 12.4 Å². The van der Waals surface area contributed by atoms with Gasteiger partial charge in [0.25, 0.3) is 0 Å². The predicted molar refractivity (Wildman–Crippen MR) is 132 cm³/mol. The van der Waals surface area contributed by atoms with Crippen LogP contribution in [0.25, 0.3) is 32.6 Å². The third-order valence-corrected chi connectivity index (χ3v) is 6.25. The number of aromatic nitrogens is 1. The predicted octanol–water partition coefficient (Wildman–Crippen LogP) is 6.67. The van der Waals surface area contributed by atoms with E-state index >= 15 is 0 Å². The monoisotopic (exact) mass is 449 g/mol. The number of esters is 1. The summed E-state index contributed by atoms with van der Waals surface area (Å²) in [7, 11) is 0. The number of hydrogen-bond acceptors (Lipinski definition) is 5. The minimum atomic E-state index is -0.541. The van der Waals surface area contributed by atoms with Gasteiger partial charge in [-0.05, 0) is 34.7 Å². The van der Waals surface area contributed by atoms with Crippen molar-refractivity contribution in [3.63, 3.8) is 0 Å². The fourth-order valence-electron chi connectivity index (χ4n) is 3.67. The fourth-order valence-corrected chi connectivity index (χ4v) is 4.35.